The average molecular weight is 445 g/mol. The Hall–Kier alpha value is -1.18. The Bertz CT molecular complexity index is 963. The highest BCUT2D eigenvalue weighted by molar-refractivity contribution is 9.10. The van der Waals surface area contributed by atoms with Crippen molar-refractivity contribution in [3.05, 3.63) is 42.7 Å². The molecule has 112 valence electrons. The van der Waals surface area contributed by atoms with E-state index >= 15 is 0 Å². The van der Waals surface area contributed by atoms with Gasteiger partial charge in [0.1, 0.15) is 10.3 Å². The monoisotopic (exact) mass is 443 g/mol. The lowest BCUT2D eigenvalue weighted by Gasteiger charge is -2.06. The number of hydrogen-bond donors (Lipinski definition) is 0. The van der Waals surface area contributed by atoms with Gasteiger partial charge in [0.25, 0.3) is 0 Å². The molecule has 5 nitrogen and oxygen atoms in total. The van der Waals surface area contributed by atoms with E-state index in [0.29, 0.717) is 36.7 Å². The minimum atomic E-state index is -0.470. The Morgan fingerprint density at radius 3 is 2.77 bits per heavy atom. The van der Waals surface area contributed by atoms with E-state index in [1.807, 2.05) is 4.68 Å². The van der Waals surface area contributed by atoms with E-state index in [1.54, 1.807) is 18.2 Å². The summed E-state index contributed by atoms with van der Waals surface area (Å²) in [4.78, 5) is 16.7. The minimum absolute atomic E-state index is 0.255. The number of benzene rings is 1. The first-order chi connectivity index (χ1) is 10.5. The van der Waals surface area contributed by atoms with Crippen LogP contribution in [0.3, 0.4) is 0 Å². The number of nitrogens with zero attached hydrogens (tertiary/aromatic N) is 3. The van der Waals surface area contributed by atoms with E-state index in [9.17, 15) is 4.79 Å². The van der Waals surface area contributed by atoms with Crippen molar-refractivity contribution >= 4 is 54.4 Å². The van der Waals surface area contributed by atoms with Crippen LogP contribution in [0.2, 0.25) is 5.02 Å². The Labute approximate surface area is 146 Å². The van der Waals surface area contributed by atoms with Crippen molar-refractivity contribution in [3.8, 4) is 11.6 Å². The SMILES string of the molecule is O=c1oc(-c2cc(Br)nn2C2CC2)nc2c(Br)cc(Cl)cc12. The summed E-state index contributed by atoms with van der Waals surface area (Å²) >= 11 is 12.7. The molecular formula is C14H8Br2ClN3O2. The molecule has 1 fully saturated rings. The molecule has 0 bridgehead atoms. The first kappa shape index (κ1) is 14.4. The fourth-order valence-corrected chi connectivity index (χ4v) is 3.62. The van der Waals surface area contributed by atoms with E-state index in [-0.39, 0.29) is 5.89 Å². The van der Waals surface area contributed by atoms with Crippen LogP contribution in [0.1, 0.15) is 18.9 Å². The third-order valence-electron chi connectivity index (χ3n) is 3.47. The minimum Gasteiger partial charge on any atom is -0.401 e. The van der Waals surface area contributed by atoms with E-state index < -0.39 is 5.63 Å². The fraction of sp³-hybridized carbons (Fsp3) is 0.214. The molecule has 1 aliphatic carbocycles. The van der Waals surface area contributed by atoms with Gasteiger partial charge in [-0.3, -0.25) is 4.68 Å². The average Bonchev–Trinajstić information content (AvgIpc) is 3.22. The third kappa shape index (κ3) is 2.41. The van der Waals surface area contributed by atoms with Gasteiger partial charge < -0.3 is 4.42 Å². The fourth-order valence-electron chi connectivity index (χ4n) is 2.33. The summed E-state index contributed by atoms with van der Waals surface area (Å²) in [5.41, 5.74) is 0.744. The number of halogens is 3. The number of hydrogen-bond acceptors (Lipinski definition) is 4. The molecule has 3 aromatic rings. The highest BCUT2D eigenvalue weighted by atomic mass is 79.9. The molecule has 1 saturated carbocycles. The van der Waals surface area contributed by atoms with Crippen molar-refractivity contribution < 1.29 is 4.42 Å². The van der Waals surface area contributed by atoms with E-state index in [1.165, 1.54) is 0 Å². The predicted molar refractivity (Wildman–Crippen MR) is 90.2 cm³/mol. The van der Waals surface area contributed by atoms with E-state index in [2.05, 4.69) is 41.9 Å². The van der Waals surface area contributed by atoms with Crippen LogP contribution in [0.15, 0.2) is 36.5 Å². The van der Waals surface area contributed by atoms with Gasteiger partial charge in [-0.2, -0.15) is 5.10 Å². The summed E-state index contributed by atoms with van der Waals surface area (Å²) in [6.45, 7) is 0. The molecule has 2 heterocycles. The van der Waals surface area contributed by atoms with Gasteiger partial charge >= 0.3 is 5.63 Å². The number of rotatable bonds is 2. The second kappa shape index (κ2) is 5.18. The molecule has 0 amide bonds. The maximum absolute atomic E-state index is 12.3. The lowest BCUT2D eigenvalue weighted by Crippen LogP contribution is -2.06. The van der Waals surface area contributed by atoms with Crippen LogP contribution in [-0.4, -0.2) is 14.8 Å². The molecule has 1 aliphatic rings. The molecule has 0 radical (unpaired) electrons. The summed E-state index contributed by atoms with van der Waals surface area (Å²) in [5.74, 6) is 0.255. The van der Waals surface area contributed by atoms with Crippen molar-refractivity contribution in [2.24, 2.45) is 0 Å². The van der Waals surface area contributed by atoms with Gasteiger partial charge in [0.2, 0.25) is 5.89 Å². The van der Waals surface area contributed by atoms with Crippen molar-refractivity contribution in [1.82, 2.24) is 14.8 Å². The molecule has 0 N–H and O–H groups in total. The second-order valence-electron chi connectivity index (χ2n) is 5.12. The maximum atomic E-state index is 12.3. The zero-order chi connectivity index (χ0) is 15.4. The van der Waals surface area contributed by atoms with E-state index in [4.69, 9.17) is 16.0 Å². The zero-order valence-corrected chi connectivity index (χ0v) is 14.9. The smallest absolute Gasteiger partial charge is 0.347 e. The van der Waals surface area contributed by atoms with Crippen LogP contribution in [0, 0.1) is 0 Å². The molecule has 8 heteroatoms. The van der Waals surface area contributed by atoms with Crippen molar-refractivity contribution in [2.75, 3.05) is 0 Å². The predicted octanol–water partition coefficient (Wildman–Crippen LogP) is 4.56. The first-order valence-corrected chi connectivity index (χ1v) is 8.54. The Morgan fingerprint density at radius 2 is 2.05 bits per heavy atom. The van der Waals surface area contributed by atoms with Crippen LogP contribution in [0.4, 0.5) is 0 Å². The molecular weight excluding hydrogens is 437 g/mol. The van der Waals surface area contributed by atoms with Gasteiger partial charge in [-0.15, -0.1) is 0 Å². The van der Waals surface area contributed by atoms with Crippen LogP contribution in [0.25, 0.3) is 22.5 Å². The van der Waals surface area contributed by atoms with Gasteiger partial charge in [0.15, 0.2) is 0 Å². The summed E-state index contributed by atoms with van der Waals surface area (Å²) in [7, 11) is 0. The lowest BCUT2D eigenvalue weighted by atomic mass is 10.2. The number of aromatic nitrogens is 3. The summed E-state index contributed by atoms with van der Waals surface area (Å²) in [6.07, 6.45) is 2.14. The summed E-state index contributed by atoms with van der Waals surface area (Å²) in [6, 6.07) is 5.41. The van der Waals surface area contributed by atoms with Crippen molar-refractivity contribution in [1.29, 1.82) is 0 Å². The summed E-state index contributed by atoms with van der Waals surface area (Å²) in [5, 5.41) is 5.19. The van der Waals surface area contributed by atoms with Gasteiger partial charge in [-0.1, -0.05) is 11.6 Å². The molecule has 4 rings (SSSR count). The maximum Gasteiger partial charge on any atom is 0.347 e. The normalized spacial score (nSPS) is 14.7. The van der Waals surface area contributed by atoms with Crippen LogP contribution in [0.5, 0.6) is 0 Å². The molecule has 1 aromatic carbocycles. The van der Waals surface area contributed by atoms with Gasteiger partial charge in [0, 0.05) is 15.6 Å². The quantitative estimate of drug-likeness (QED) is 0.580. The molecule has 0 saturated heterocycles. The van der Waals surface area contributed by atoms with Crippen molar-refractivity contribution in [3.63, 3.8) is 0 Å². The van der Waals surface area contributed by atoms with Gasteiger partial charge in [0.05, 0.1) is 16.9 Å². The largest absolute Gasteiger partial charge is 0.401 e. The molecule has 2 aromatic heterocycles. The molecule has 0 aliphatic heterocycles. The highest BCUT2D eigenvalue weighted by Gasteiger charge is 2.29. The standard InChI is InChI=1S/C14H8Br2ClN3O2/c15-9-4-6(17)3-8-12(9)18-13(22-14(8)21)10-5-11(16)19-20(10)7-1-2-7/h3-5,7H,1-2H2. The Morgan fingerprint density at radius 1 is 1.27 bits per heavy atom. The molecule has 0 spiro atoms. The first-order valence-electron chi connectivity index (χ1n) is 6.58. The molecule has 22 heavy (non-hydrogen) atoms. The Balaban J connectivity index is 1.99. The van der Waals surface area contributed by atoms with E-state index in [0.717, 1.165) is 12.8 Å². The van der Waals surface area contributed by atoms with Crippen LogP contribution in [-0.2, 0) is 0 Å². The zero-order valence-electron chi connectivity index (χ0n) is 11.0. The Kier molecular flexibility index (Phi) is 3.39. The highest BCUT2D eigenvalue weighted by Crippen LogP contribution is 2.38. The summed E-state index contributed by atoms with van der Waals surface area (Å²) < 4.78 is 8.59. The van der Waals surface area contributed by atoms with Crippen LogP contribution < -0.4 is 5.63 Å². The van der Waals surface area contributed by atoms with Gasteiger partial charge in [-0.05, 0) is 56.8 Å². The second-order valence-corrected chi connectivity index (χ2v) is 7.22. The van der Waals surface area contributed by atoms with Crippen molar-refractivity contribution in [2.45, 2.75) is 18.9 Å². The lowest BCUT2D eigenvalue weighted by molar-refractivity contribution is 0.505. The molecule has 0 atom stereocenters. The molecule has 0 unspecified atom stereocenters. The van der Waals surface area contributed by atoms with Gasteiger partial charge in [-0.25, -0.2) is 9.78 Å². The number of fused-ring (bicyclic) bond motifs is 1. The third-order valence-corrected chi connectivity index (χ3v) is 4.68. The topological polar surface area (TPSA) is 60.9 Å². The van der Waals surface area contributed by atoms with Crippen LogP contribution >= 0.6 is 43.5 Å².